The molecule has 0 aliphatic carbocycles. The summed E-state index contributed by atoms with van der Waals surface area (Å²) >= 11 is 0. The Morgan fingerprint density at radius 3 is 2.60 bits per heavy atom. The molecule has 5 heteroatoms. The van der Waals surface area contributed by atoms with Gasteiger partial charge in [-0.15, -0.1) is 0 Å². The third-order valence-corrected chi connectivity index (χ3v) is 3.82. The normalized spacial score (nSPS) is 22.6. The number of carbonyl (C=O) groups excluding carboxylic acids is 2. The van der Waals surface area contributed by atoms with E-state index in [4.69, 9.17) is 0 Å². The van der Waals surface area contributed by atoms with Gasteiger partial charge >= 0.3 is 11.9 Å². The highest BCUT2D eigenvalue weighted by atomic mass is 19.1. The molecule has 1 fully saturated rings. The molecule has 0 saturated carbocycles. The van der Waals surface area contributed by atoms with Gasteiger partial charge in [-0.25, -0.2) is 14.3 Å². The number of benzene rings is 1. The van der Waals surface area contributed by atoms with Gasteiger partial charge < -0.3 is 4.90 Å². The number of hydrogen-bond donors (Lipinski definition) is 0. The molecule has 2 unspecified atom stereocenters. The second-order valence-electron chi connectivity index (χ2n) is 5.45. The van der Waals surface area contributed by atoms with Crippen LogP contribution in [0.4, 0.5) is 4.39 Å². The van der Waals surface area contributed by atoms with E-state index in [0.29, 0.717) is 18.5 Å². The van der Waals surface area contributed by atoms with Gasteiger partial charge in [0.25, 0.3) is 0 Å². The Labute approximate surface area is 117 Å². The molecule has 0 aromatic heterocycles. The molecule has 2 rings (SSSR count). The van der Waals surface area contributed by atoms with E-state index in [-0.39, 0.29) is 17.8 Å². The van der Waals surface area contributed by atoms with Crippen LogP contribution in [-0.4, -0.2) is 23.3 Å². The van der Waals surface area contributed by atoms with E-state index < -0.39 is 11.9 Å². The summed E-state index contributed by atoms with van der Waals surface area (Å²) in [6.45, 7) is 4.00. The van der Waals surface area contributed by atoms with E-state index in [0.717, 1.165) is 12.0 Å². The predicted octanol–water partition coefficient (Wildman–Crippen LogP) is 2.39. The number of amides is 1. The lowest BCUT2D eigenvalue weighted by atomic mass is 9.89. The topological polar surface area (TPSA) is 57.3 Å². The number of nitrogens with zero attached hydrogens (tertiary/aromatic N) is 1. The van der Waals surface area contributed by atoms with Crippen LogP contribution in [0.1, 0.15) is 36.9 Å². The lowest BCUT2D eigenvalue weighted by Crippen LogP contribution is -2.44. The summed E-state index contributed by atoms with van der Waals surface area (Å²) in [5.74, 6) is -2.75. The van der Waals surface area contributed by atoms with E-state index in [1.54, 1.807) is 19.1 Å². The van der Waals surface area contributed by atoms with Crippen LogP contribution in [-0.2, 0) is 14.7 Å². The maximum atomic E-state index is 13.3. The van der Waals surface area contributed by atoms with Gasteiger partial charge in [0.05, 0.1) is 6.04 Å². The molecule has 1 amide bonds. The number of piperidine rings is 1. The Kier molecular flexibility index (Phi) is 4.06. The van der Waals surface area contributed by atoms with E-state index >= 15 is 0 Å². The van der Waals surface area contributed by atoms with Gasteiger partial charge in [0, 0.05) is 6.54 Å². The van der Waals surface area contributed by atoms with Gasteiger partial charge in [0.1, 0.15) is 5.82 Å². The number of rotatable bonds is 1. The highest BCUT2D eigenvalue weighted by Crippen LogP contribution is 2.34. The fraction of sp³-hybridized carbons (Fsp3) is 0.467. The summed E-state index contributed by atoms with van der Waals surface area (Å²) in [6.07, 6.45) is 1.57. The number of aryl methyl sites for hydroxylation is 1. The summed E-state index contributed by atoms with van der Waals surface area (Å²) in [4.78, 5) is 23.9. The van der Waals surface area contributed by atoms with Crippen molar-refractivity contribution < 1.29 is 19.1 Å². The molecule has 4 nitrogen and oxygen atoms in total. The summed E-state index contributed by atoms with van der Waals surface area (Å²) < 4.78 is 13.3. The van der Waals surface area contributed by atoms with Crippen LogP contribution in [0.15, 0.2) is 18.2 Å². The van der Waals surface area contributed by atoms with Crippen molar-refractivity contribution >= 4 is 11.9 Å². The van der Waals surface area contributed by atoms with Crippen molar-refractivity contribution in [3.05, 3.63) is 35.1 Å². The smallest absolute Gasteiger partial charge is 0.325 e. The van der Waals surface area contributed by atoms with Crippen molar-refractivity contribution in [3.8, 4) is 0 Å². The highest BCUT2D eigenvalue weighted by molar-refractivity contribution is 6.31. The molecule has 20 heavy (non-hydrogen) atoms. The molecule has 0 N–H and O–H groups in total. The van der Waals surface area contributed by atoms with Gasteiger partial charge in [-0.3, -0.25) is 4.79 Å². The Morgan fingerprint density at radius 1 is 1.30 bits per heavy atom. The minimum absolute atomic E-state index is 0.246. The first-order valence-electron chi connectivity index (χ1n) is 6.68. The predicted molar refractivity (Wildman–Crippen MR) is 69.7 cm³/mol. The molecule has 1 aliphatic rings. The first kappa shape index (κ1) is 14.5. The number of carbonyl (C=O) groups is 2. The molecule has 1 aliphatic heterocycles. The minimum atomic E-state index is -1.69. The molecular weight excluding hydrogens is 261 g/mol. The monoisotopic (exact) mass is 278 g/mol. The zero-order valence-corrected chi connectivity index (χ0v) is 11.6. The largest absolute Gasteiger partial charge is 0.443 e. The van der Waals surface area contributed by atoms with Gasteiger partial charge in [0.2, 0.25) is 0 Å². The summed E-state index contributed by atoms with van der Waals surface area (Å²) in [5.41, 5.74) is 1.26. The fourth-order valence-corrected chi connectivity index (χ4v) is 2.72. The Bertz CT molecular complexity index is 544. The molecule has 1 saturated heterocycles. The molecule has 2 atom stereocenters. The zero-order chi connectivity index (χ0) is 14.9. The highest BCUT2D eigenvalue weighted by Gasteiger charge is 2.34. The maximum Gasteiger partial charge on any atom is 0.443 e. The lowest BCUT2D eigenvalue weighted by Gasteiger charge is -2.38. The van der Waals surface area contributed by atoms with E-state index in [1.165, 1.54) is 11.0 Å². The second-order valence-corrected chi connectivity index (χ2v) is 5.45. The SMILES string of the molecule is Cc1cc(C2CCC(C)CN2C(=O)C([O])=O)ccc1F. The van der Waals surface area contributed by atoms with Gasteiger partial charge in [-0.2, -0.15) is 0 Å². The molecule has 1 aromatic carbocycles. The minimum Gasteiger partial charge on any atom is -0.325 e. The van der Waals surface area contributed by atoms with Crippen LogP contribution >= 0.6 is 0 Å². The number of halogens is 1. The molecule has 1 heterocycles. The molecule has 0 spiro atoms. The van der Waals surface area contributed by atoms with Gasteiger partial charge in [-0.05, 0) is 42.9 Å². The first-order chi connectivity index (χ1) is 9.40. The molecular formula is C15H17FNO3. The summed E-state index contributed by atoms with van der Waals surface area (Å²) in [7, 11) is 0. The van der Waals surface area contributed by atoms with Crippen molar-refractivity contribution in [3.63, 3.8) is 0 Å². The van der Waals surface area contributed by atoms with Crippen molar-refractivity contribution in [1.29, 1.82) is 0 Å². The van der Waals surface area contributed by atoms with Crippen LogP contribution in [0.25, 0.3) is 0 Å². The quantitative estimate of drug-likeness (QED) is 0.741. The maximum absolute atomic E-state index is 13.3. The molecule has 0 bridgehead atoms. The van der Waals surface area contributed by atoms with Crippen LogP contribution in [0.2, 0.25) is 0 Å². The van der Waals surface area contributed by atoms with Crippen LogP contribution in [0.3, 0.4) is 0 Å². The van der Waals surface area contributed by atoms with E-state index in [2.05, 4.69) is 0 Å². The molecule has 1 radical (unpaired) electrons. The number of hydrogen-bond acceptors (Lipinski definition) is 2. The van der Waals surface area contributed by atoms with Crippen molar-refractivity contribution in [2.75, 3.05) is 6.54 Å². The molecule has 1 aromatic rings. The van der Waals surface area contributed by atoms with Crippen molar-refractivity contribution in [1.82, 2.24) is 4.90 Å². The van der Waals surface area contributed by atoms with E-state index in [9.17, 15) is 19.1 Å². The second kappa shape index (κ2) is 5.61. The summed E-state index contributed by atoms with van der Waals surface area (Å²) in [6, 6.07) is 4.31. The van der Waals surface area contributed by atoms with Crippen molar-refractivity contribution in [2.45, 2.75) is 32.7 Å². The zero-order valence-electron chi connectivity index (χ0n) is 11.6. The van der Waals surface area contributed by atoms with Crippen LogP contribution in [0.5, 0.6) is 0 Å². The average Bonchev–Trinajstić information content (AvgIpc) is 2.41. The first-order valence-corrected chi connectivity index (χ1v) is 6.68. The lowest BCUT2D eigenvalue weighted by molar-refractivity contribution is -0.162. The van der Waals surface area contributed by atoms with Crippen molar-refractivity contribution in [2.24, 2.45) is 5.92 Å². The van der Waals surface area contributed by atoms with Gasteiger partial charge in [0.15, 0.2) is 0 Å². The van der Waals surface area contributed by atoms with Gasteiger partial charge in [-0.1, -0.05) is 19.1 Å². The Hall–Kier alpha value is -1.91. The average molecular weight is 278 g/mol. The Balaban J connectivity index is 2.33. The Morgan fingerprint density at radius 2 is 2.00 bits per heavy atom. The third-order valence-electron chi connectivity index (χ3n) is 3.82. The fourth-order valence-electron chi connectivity index (χ4n) is 2.72. The van der Waals surface area contributed by atoms with Crippen LogP contribution < -0.4 is 0 Å². The molecule has 107 valence electrons. The summed E-state index contributed by atoms with van der Waals surface area (Å²) in [5, 5.41) is 10.8. The third kappa shape index (κ3) is 2.81. The standard InChI is InChI=1S/C15H17FNO3/c1-9-3-6-13(17(8-9)14(18)15(19)20)11-4-5-12(16)10(2)7-11/h4-5,7,9,13H,3,6,8H2,1-2H3. The van der Waals surface area contributed by atoms with Crippen LogP contribution in [0, 0.1) is 18.7 Å². The number of likely N-dealkylation sites (tertiary alicyclic amines) is 1. The van der Waals surface area contributed by atoms with E-state index in [1.807, 2.05) is 6.92 Å².